The molecule has 0 bridgehead atoms. The molecule has 0 radical (unpaired) electrons. The first kappa shape index (κ1) is 30.2. The first-order chi connectivity index (χ1) is 20.9. The van der Waals surface area contributed by atoms with Gasteiger partial charge >= 0.3 is 5.97 Å². The SMILES string of the molecule is C#C[C@]1(O)CC[C@@H]2[C@@H]3CCC4=C/C(=N\OCC(=O)N[C@H](Cc5c[nH]c6cc(O)ccc56)C(=O)O)CC[C@]4(C)[C@@H]3[C@H](O)C[C@@]21C. The number of hydrogen-bond donors (Lipinski definition) is 6. The Kier molecular flexibility index (Phi) is 7.53. The van der Waals surface area contributed by atoms with Crippen molar-refractivity contribution in [3.8, 4) is 18.1 Å². The zero-order valence-electron chi connectivity index (χ0n) is 25.2. The number of carbonyl (C=O) groups excluding carboxylic acids is 1. The molecule has 234 valence electrons. The lowest BCUT2D eigenvalue weighted by Gasteiger charge is -2.60. The Labute approximate surface area is 256 Å². The van der Waals surface area contributed by atoms with Crippen LogP contribution in [0.3, 0.4) is 0 Å². The van der Waals surface area contributed by atoms with E-state index in [0.717, 1.165) is 36.8 Å². The number of rotatable bonds is 7. The van der Waals surface area contributed by atoms with Crippen molar-refractivity contribution in [2.75, 3.05) is 6.61 Å². The number of carboxylic acid groups (broad SMARTS) is 1. The summed E-state index contributed by atoms with van der Waals surface area (Å²) in [5.41, 5.74) is 1.45. The number of aliphatic hydroxyl groups excluding tert-OH is 1. The smallest absolute Gasteiger partial charge is 0.326 e. The third-order valence-electron chi connectivity index (χ3n) is 11.5. The minimum Gasteiger partial charge on any atom is -0.508 e. The largest absolute Gasteiger partial charge is 0.508 e. The number of oxime groups is 1. The number of allylic oxidation sites excluding steroid dienone is 2. The third-order valence-corrected chi connectivity index (χ3v) is 11.5. The van der Waals surface area contributed by atoms with Gasteiger partial charge in [-0.15, -0.1) is 6.42 Å². The number of fused-ring (bicyclic) bond motifs is 6. The molecule has 0 saturated heterocycles. The summed E-state index contributed by atoms with van der Waals surface area (Å²) in [5, 5.41) is 49.7. The first-order valence-electron chi connectivity index (χ1n) is 15.5. The van der Waals surface area contributed by atoms with Crippen molar-refractivity contribution < 1.29 is 34.9 Å². The van der Waals surface area contributed by atoms with Gasteiger partial charge in [0.05, 0.1) is 11.8 Å². The average Bonchev–Trinajstić information content (AvgIpc) is 3.49. The number of aliphatic hydroxyl groups is 2. The van der Waals surface area contributed by atoms with Gasteiger partial charge < -0.3 is 35.6 Å². The highest BCUT2D eigenvalue weighted by Crippen LogP contribution is 2.67. The van der Waals surface area contributed by atoms with E-state index in [1.54, 1.807) is 18.3 Å². The first-order valence-corrected chi connectivity index (χ1v) is 15.5. The zero-order valence-corrected chi connectivity index (χ0v) is 25.2. The standard InChI is InChI=1S/C34H41N3O7/c1-4-34(43)12-10-25-24-7-5-20-14-21(9-11-32(20,2)30(24)28(39)16-33(25,34)3)37-44-18-29(40)36-27(31(41)42)13-19-17-35-26-15-22(38)6-8-23(19)26/h1,6,8,14-15,17,24-25,27-28,30,35,38-39,43H,5,7,9-13,16,18H2,2-3H3,(H,36,40)(H,41,42)/b37-21-/t24-,25+,27+,28+,30-,32-,33-,34-/m0/s1. The molecule has 1 aromatic carbocycles. The number of carboxylic acids is 1. The van der Waals surface area contributed by atoms with Crippen LogP contribution in [-0.2, 0) is 20.8 Å². The van der Waals surface area contributed by atoms with Crippen molar-refractivity contribution in [3.05, 3.63) is 41.6 Å². The van der Waals surface area contributed by atoms with E-state index >= 15 is 0 Å². The molecule has 4 aliphatic carbocycles. The van der Waals surface area contributed by atoms with Crippen molar-refractivity contribution in [3.63, 3.8) is 0 Å². The summed E-state index contributed by atoms with van der Waals surface area (Å²) in [4.78, 5) is 32.9. The molecule has 1 aromatic heterocycles. The normalized spacial score (nSPS) is 36.0. The molecule has 0 spiro atoms. The Morgan fingerprint density at radius 1 is 1.25 bits per heavy atom. The minimum atomic E-state index is -1.18. The number of aromatic hydroxyl groups is 1. The summed E-state index contributed by atoms with van der Waals surface area (Å²) >= 11 is 0. The van der Waals surface area contributed by atoms with Crippen molar-refractivity contribution in [2.45, 2.75) is 83.0 Å². The maximum Gasteiger partial charge on any atom is 0.326 e. The van der Waals surface area contributed by atoms with Gasteiger partial charge in [-0.05, 0) is 91.9 Å². The molecule has 10 nitrogen and oxygen atoms in total. The summed E-state index contributed by atoms with van der Waals surface area (Å²) in [6.45, 7) is 3.87. The maximum absolute atomic E-state index is 12.6. The number of amides is 1. The molecule has 1 amide bonds. The van der Waals surface area contributed by atoms with Gasteiger partial charge in [-0.1, -0.05) is 30.5 Å². The Hall–Kier alpha value is -3.81. The molecule has 2 aromatic rings. The topological polar surface area (TPSA) is 164 Å². The van der Waals surface area contributed by atoms with E-state index < -0.39 is 41.6 Å². The lowest BCUT2D eigenvalue weighted by molar-refractivity contribution is -0.153. The lowest BCUT2D eigenvalue weighted by atomic mass is 9.45. The number of carbonyl (C=O) groups is 2. The van der Waals surface area contributed by atoms with E-state index in [1.165, 1.54) is 11.6 Å². The molecule has 1 heterocycles. The summed E-state index contributed by atoms with van der Waals surface area (Å²) in [7, 11) is 0. The molecule has 6 rings (SSSR count). The Morgan fingerprint density at radius 2 is 2.05 bits per heavy atom. The van der Waals surface area contributed by atoms with Crippen LogP contribution < -0.4 is 5.32 Å². The van der Waals surface area contributed by atoms with Crippen LogP contribution in [0.25, 0.3) is 10.9 Å². The van der Waals surface area contributed by atoms with E-state index in [-0.39, 0.29) is 35.3 Å². The number of aromatic nitrogens is 1. The quantitative estimate of drug-likeness (QED) is 0.208. The van der Waals surface area contributed by atoms with Crippen LogP contribution in [0.5, 0.6) is 5.75 Å². The molecule has 3 fully saturated rings. The van der Waals surface area contributed by atoms with Gasteiger partial charge in [0.2, 0.25) is 0 Å². The predicted molar refractivity (Wildman–Crippen MR) is 163 cm³/mol. The molecule has 8 atom stereocenters. The number of aromatic amines is 1. The molecular weight excluding hydrogens is 562 g/mol. The number of phenols is 1. The highest BCUT2D eigenvalue weighted by Gasteiger charge is 2.66. The van der Waals surface area contributed by atoms with Gasteiger partial charge in [-0.25, -0.2) is 4.79 Å². The molecule has 3 saturated carbocycles. The van der Waals surface area contributed by atoms with E-state index in [2.05, 4.69) is 35.2 Å². The van der Waals surface area contributed by atoms with Gasteiger partial charge in [-0.2, -0.15) is 0 Å². The van der Waals surface area contributed by atoms with Crippen molar-refractivity contribution >= 4 is 28.5 Å². The summed E-state index contributed by atoms with van der Waals surface area (Å²) < 4.78 is 0. The van der Waals surface area contributed by atoms with Crippen LogP contribution in [-0.4, -0.2) is 67.4 Å². The fourth-order valence-electron chi connectivity index (χ4n) is 9.19. The second-order valence-corrected chi connectivity index (χ2v) is 13.7. The van der Waals surface area contributed by atoms with Gasteiger partial charge in [0.25, 0.3) is 5.91 Å². The van der Waals surface area contributed by atoms with Gasteiger partial charge in [0.15, 0.2) is 6.61 Å². The van der Waals surface area contributed by atoms with Gasteiger partial charge in [-0.3, -0.25) is 4.79 Å². The maximum atomic E-state index is 12.6. The number of aliphatic carboxylic acids is 1. The van der Waals surface area contributed by atoms with Gasteiger partial charge in [0, 0.05) is 35.0 Å². The summed E-state index contributed by atoms with van der Waals surface area (Å²) in [6, 6.07) is 3.61. The van der Waals surface area contributed by atoms with Crippen LogP contribution in [0, 0.1) is 40.9 Å². The van der Waals surface area contributed by atoms with E-state index in [9.17, 15) is 30.0 Å². The number of H-pyrrole nitrogens is 1. The fourth-order valence-corrected chi connectivity index (χ4v) is 9.19. The van der Waals surface area contributed by atoms with Crippen LogP contribution in [0.4, 0.5) is 0 Å². The summed E-state index contributed by atoms with van der Waals surface area (Å²) in [5.74, 6) is 1.63. The predicted octanol–water partition coefficient (Wildman–Crippen LogP) is 3.66. The third kappa shape index (κ3) is 4.87. The second-order valence-electron chi connectivity index (χ2n) is 13.7. The Morgan fingerprint density at radius 3 is 2.80 bits per heavy atom. The summed E-state index contributed by atoms with van der Waals surface area (Å²) in [6.07, 6.45) is 14.1. The van der Waals surface area contributed by atoms with E-state index in [1.807, 2.05) is 6.08 Å². The van der Waals surface area contributed by atoms with Crippen LogP contribution in [0.15, 0.2) is 41.2 Å². The van der Waals surface area contributed by atoms with Crippen molar-refractivity contribution in [1.82, 2.24) is 10.3 Å². The minimum absolute atomic E-state index is 0.0566. The van der Waals surface area contributed by atoms with Crippen molar-refractivity contribution in [1.29, 1.82) is 0 Å². The fraction of sp³-hybridized carbons (Fsp3) is 0.559. The molecule has 6 N–H and O–H groups in total. The van der Waals surface area contributed by atoms with Crippen LogP contribution in [0.1, 0.15) is 64.4 Å². The zero-order chi connectivity index (χ0) is 31.4. The second kappa shape index (κ2) is 11.0. The number of phenolic OH excluding ortho intramolecular Hbond substituents is 1. The molecular formula is C34H41N3O7. The Bertz CT molecular complexity index is 1590. The highest BCUT2D eigenvalue weighted by atomic mass is 16.6. The van der Waals surface area contributed by atoms with Crippen molar-refractivity contribution in [2.24, 2.45) is 33.7 Å². The molecule has 44 heavy (non-hydrogen) atoms. The molecule has 0 unspecified atom stereocenters. The molecule has 10 heteroatoms. The highest BCUT2D eigenvalue weighted by molar-refractivity contribution is 5.96. The van der Waals surface area contributed by atoms with E-state index in [0.29, 0.717) is 30.3 Å². The Balaban J connectivity index is 1.09. The van der Waals surface area contributed by atoms with Crippen LogP contribution in [0.2, 0.25) is 0 Å². The van der Waals surface area contributed by atoms with E-state index in [4.69, 9.17) is 11.3 Å². The average molecular weight is 604 g/mol. The molecule has 0 aliphatic heterocycles. The monoisotopic (exact) mass is 603 g/mol. The number of benzene rings is 1. The number of terminal acetylenes is 1. The molecule has 4 aliphatic rings. The van der Waals surface area contributed by atoms with Crippen LogP contribution >= 0.6 is 0 Å². The number of nitrogens with zero attached hydrogens (tertiary/aromatic N) is 1. The number of hydrogen-bond acceptors (Lipinski definition) is 7. The lowest BCUT2D eigenvalue weighted by Crippen LogP contribution is -2.59. The number of nitrogens with one attached hydrogen (secondary N) is 2. The van der Waals surface area contributed by atoms with Gasteiger partial charge in [0.1, 0.15) is 17.4 Å².